The number of hydrogen-bond acceptors (Lipinski definition) is 9. The van der Waals surface area contributed by atoms with Crippen molar-refractivity contribution in [3.63, 3.8) is 0 Å². The molecule has 2 aromatic rings. The van der Waals surface area contributed by atoms with E-state index in [0.29, 0.717) is 51.9 Å². The van der Waals surface area contributed by atoms with Gasteiger partial charge in [0.15, 0.2) is 0 Å². The highest BCUT2D eigenvalue weighted by atomic mass is 32.2. The third kappa shape index (κ3) is 8.00. The number of hydrogen-bond donors (Lipinski definition) is 0. The molecule has 14 heteroatoms. The molecular formula is C26H36N2O9PS2+. The molecule has 0 aliphatic carbocycles. The Morgan fingerprint density at radius 1 is 0.650 bits per heavy atom. The smallest absolute Gasteiger partial charge is 0.497 e. The predicted octanol–water partition coefficient (Wildman–Crippen LogP) is 4.03. The third-order valence-corrected chi connectivity index (χ3v) is 11.6. The van der Waals surface area contributed by atoms with E-state index in [2.05, 4.69) is 0 Å². The van der Waals surface area contributed by atoms with Gasteiger partial charge in [-0.3, -0.25) is 0 Å². The first-order valence-corrected chi connectivity index (χ1v) is 17.4. The maximum atomic E-state index is 12.7. The van der Waals surface area contributed by atoms with E-state index in [4.69, 9.17) is 18.5 Å². The van der Waals surface area contributed by atoms with Crippen LogP contribution in [0.3, 0.4) is 0 Å². The first kappa shape index (κ1) is 30.8. The van der Waals surface area contributed by atoms with Gasteiger partial charge in [-0.05, 0) is 72.9 Å². The summed E-state index contributed by atoms with van der Waals surface area (Å²) in [5, 5.41) is 0. The molecule has 0 unspecified atom stereocenters. The average molecular weight is 616 g/mol. The number of methoxy groups -OCH3 is 2. The van der Waals surface area contributed by atoms with E-state index >= 15 is 0 Å². The lowest BCUT2D eigenvalue weighted by atomic mass is 9.90. The number of piperidine rings is 2. The molecule has 0 aromatic heterocycles. The molecule has 2 heterocycles. The molecule has 0 bridgehead atoms. The zero-order valence-corrected chi connectivity index (χ0v) is 25.2. The van der Waals surface area contributed by atoms with Crippen LogP contribution in [0.4, 0.5) is 0 Å². The quantitative estimate of drug-likeness (QED) is 0.325. The molecule has 2 aliphatic heterocycles. The topological polar surface area (TPSA) is 129 Å². The summed E-state index contributed by atoms with van der Waals surface area (Å²) < 4.78 is 85.9. The molecule has 4 rings (SSSR count). The highest BCUT2D eigenvalue weighted by Gasteiger charge is 2.36. The summed E-state index contributed by atoms with van der Waals surface area (Å²) in [6.07, 6.45) is 2.56. The largest absolute Gasteiger partial charge is 0.699 e. The van der Waals surface area contributed by atoms with Gasteiger partial charge in [0.25, 0.3) is 0 Å². The second-order valence-electron chi connectivity index (χ2n) is 9.83. The molecule has 220 valence electrons. The predicted molar refractivity (Wildman–Crippen MR) is 150 cm³/mol. The van der Waals surface area contributed by atoms with Crippen molar-refractivity contribution in [2.45, 2.75) is 37.5 Å². The molecule has 0 saturated carbocycles. The zero-order chi connectivity index (χ0) is 28.8. The molecule has 0 N–H and O–H groups in total. The van der Waals surface area contributed by atoms with E-state index in [9.17, 15) is 21.4 Å². The maximum Gasteiger partial charge on any atom is 0.699 e. The minimum absolute atomic E-state index is 0.227. The first-order valence-electron chi connectivity index (χ1n) is 13.1. The molecular weight excluding hydrogens is 579 g/mol. The van der Waals surface area contributed by atoms with Gasteiger partial charge in [0.05, 0.1) is 14.2 Å². The van der Waals surface area contributed by atoms with Crippen molar-refractivity contribution in [1.82, 2.24) is 8.61 Å². The minimum atomic E-state index is -3.85. The van der Waals surface area contributed by atoms with Crippen molar-refractivity contribution in [1.29, 1.82) is 0 Å². The lowest BCUT2D eigenvalue weighted by molar-refractivity contribution is 0.254. The number of nitrogens with zero attached hydrogens (tertiary/aromatic N) is 2. The highest BCUT2D eigenvalue weighted by molar-refractivity contribution is 7.89. The Bertz CT molecular complexity index is 1230. The van der Waals surface area contributed by atoms with Crippen molar-refractivity contribution >= 4 is 28.3 Å². The van der Waals surface area contributed by atoms with E-state index in [1.54, 1.807) is 14.2 Å². The van der Waals surface area contributed by atoms with E-state index in [1.165, 1.54) is 8.61 Å². The standard InChI is InChI=1S/C26H36N2O9PS2/c1-34-25-7-3-21(4-8-25)23-11-15-27(16-12-23)39(30,31)19-36-38(29)37-20-40(32,33)28-17-13-24(14-18-28)22-5-9-26(35-2)10-6-22/h3-10,23-24H,11-20H2,1-2H3/q+1. The number of ether oxygens (including phenoxy) is 2. The van der Waals surface area contributed by atoms with Gasteiger partial charge in [-0.1, -0.05) is 24.3 Å². The van der Waals surface area contributed by atoms with Crippen LogP contribution in [0, 0.1) is 0 Å². The Hall–Kier alpha value is -2.12. The second kappa shape index (κ2) is 13.7. The van der Waals surface area contributed by atoms with Gasteiger partial charge in [0.2, 0.25) is 31.9 Å². The zero-order valence-electron chi connectivity index (χ0n) is 22.7. The van der Waals surface area contributed by atoms with Crippen molar-refractivity contribution < 1.29 is 39.9 Å². The Kier molecular flexibility index (Phi) is 10.6. The van der Waals surface area contributed by atoms with Gasteiger partial charge < -0.3 is 9.47 Å². The molecule has 2 aromatic carbocycles. The number of rotatable bonds is 12. The Labute approximate surface area is 237 Å². The van der Waals surface area contributed by atoms with Crippen molar-refractivity contribution in [3.8, 4) is 11.5 Å². The SMILES string of the molecule is COc1ccc(C2CCN(S(=O)(=O)CO[P+](=O)OCS(=O)(=O)N3CCC(c4ccc(OC)cc4)CC3)CC2)cc1. The molecule has 2 aliphatic rings. The van der Waals surface area contributed by atoms with Gasteiger partial charge in [0, 0.05) is 30.7 Å². The molecule has 40 heavy (non-hydrogen) atoms. The summed E-state index contributed by atoms with van der Waals surface area (Å²) in [5.41, 5.74) is 2.24. The van der Waals surface area contributed by atoms with Crippen LogP contribution < -0.4 is 9.47 Å². The average Bonchev–Trinajstić information content (AvgIpc) is 2.99. The van der Waals surface area contributed by atoms with E-state index in [-0.39, 0.29) is 11.8 Å². The fourth-order valence-corrected chi connectivity index (χ4v) is 8.75. The van der Waals surface area contributed by atoms with Crippen LogP contribution in [0.15, 0.2) is 48.5 Å². The maximum absolute atomic E-state index is 12.7. The van der Waals surface area contributed by atoms with Gasteiger partial charge in [-0.15, -0.1) is 9.05 Å². The third-order valence-electron chi connectivity index (χ3n) is 7.48. The van der Waals surface area contributed by atoms with Crippen LogP contribution in [-0.4, -0.2) is 77.7 Å². The van der Waals surface area contributed by atoms with Crippen LogP contribution in [-0.2, 0) is 33.7 Å². The van der Waals surface area contributed by atoms with Crippen LogP contribution in [0.1, 0.15) is 48.6 Å². The molecule has 11 nitrogen and oxygen atoms in total. The van der Waals surface area contributed by atoms with Gasteiger partial charge in [-0.2, -0.15) is 8.61 Å². The lowest BCUT2D eigenvalue weighted by Crippen LogP contribution is -2.39. The van der Waals surface area contributed by atoms with Crippen LogP contribution >= 0.6 is 8.25 Å². The monoisotopic (exact) mass is 615 g/mol. The summed E-state index contributed by atoms with van der Waals surface area (Å²) in [4.78, 5) is 0. The van der Waals surface area contributed by atoms with Crippen molar-refractivity contribution in [3.05, 3.63) is 59.7 Å². The molecule has 0 amide bonds. The molecule has 0 spiro atoms. The summed E-state index contributed by atoms with van der Waals surface area (Å²) in [5.74, 6) is 0.291. The fourth-order valence-electron chi connectivity index (χ4n) is 5.09. The minimum Gasteiger partial charge on any atom is -0.497 e. The van der Waals surface area contributed by atoms with Crippen LogP contribution in [0.2, 0.25) is 0 Å². The van der Waals surface area contributed by atoms with E-state index in [0.717, 1.165) is 22.6 Å². The number of sulfonamides is 2. The summed E-state index contributed by atoms with van der Waals surface area (Å²) in [6.45, 7) is 1.23. The molecule has 2 saturated heterocycles. The van der Waals surface area contributed by atoms with Gasteiger partial charge in [0.1, 0.15) is 11.5 Å². The van der Waals surface area contributed by atoms with Crippen molar-refractivity contribution in [2.75, 3.05) is 52.3 Å². The Morgan fingerprint density at radius 3 is 1.27 bits per heavy atom. The first-order chi connectivity index (χ1) is 19.1. The van der Waals surface area contributed by atoms with Crippen LogP contribution in [0.25, 0.3) is 0 Å². The second-order valence-corrected chi connectivity index (χ2v) is 14.6. The highest BCUT2D eigenvalue weighted by Crippen LogP contribution is 2.33. The van der Waals surface area contributed by atoms with Crippen molar-refractivity contribution in [2.24, 2.45) is 0 Å². The molecule has 0 atom stereocenters. The van der Waals surface area contributed by atoms with E-state index < -0.39 is 40.2 Å². The van der Waals surface area contributed by atoms with Crippen LogP contribution in [0.5, 0.6) is 11.5 Å². The Balaban J connectivity index is 1.18. The fraction of sp³-hybridized carbons (Fsp3) is 0.538. The molecule has 2 fully saturated rings. The lowest BCUT2D eigenvalue weighted by Gasteiger charge is -2.31. The summed E-state index contributed by atoms with van der Waals surface area (Å²) in [6, 6.07) is 15.5. The van der Waals surface area contributed by atoms with E-state index in [1.807, 2.05) is 48.5 Å². The molecule has 0 radical (unpaired) electrons. The van der Waals surface area contributed by atoms with Gasteiger partial charge in [-0.25, -0.2) is 16.8 Å². The number of benzene rings is 2. The Morgan fingerprint density at radius 2 is 0.975 bits per heavy atom. The van der Waals surface area contributed by atoms with Gasteiger partial charge >= 0.3 is 8.25 Å². The summed E-state index contributed by atoms with van der Waals surface area (Å²) >= 11 is 0. The summed E-state index contributed by atoms with van der Waals surface area (Å²) in [7, 11) is -7.42. The normalized spacial score (nSPS) is 18.4.